The van der Waals surface area contributed by atoms with Crippen molar-refractivity contribution in [1.29, 1.82) is 0 Å². The molecule has 1 fully saturated rings. The van der Waals surface area contributed by atoms with Crippen molar-refractivity contribution in [3.8, 4) is 5.75 Å². The fraction of sp³-hybridized carbons (Fsp3) is 0.559. The molecule has 0 bridgehead atoms. The first-order chi connectivity index (χ1) is 20.3. The van der Waals surface area contributed by atoms with Crippen LogP contribution < -0.4 is 4.74 Å². The van der Waals surface area contributed by atoms with Crippen LogP contribution in [-0.2, 0) is 28.5 Å². The molecule has 0 N–H and O–H groups in total. The lowest BCUT2D eigenvalue weighted by Crippen LogP contribution is -2.46. The van der Waals surface area contributed by atoms with Crippen molar-refractivity contribution >= 4 is 17.9 Å². The maximum atomic E-state index is 12.7. The first-order valence-electron chi connectivity index (χ1n) is 15.1. The molecule has 8 nitrogen and oxygen atoms in total. The summed E-state index contributed by atoms with van der Waals surface area (Å²) in [5, 5.41) is 0. The van der Waals surface area contributed by atoms with Crippen molar-refractivity contribution in [2.24, 2.45) is 11.3 Å². The maximum absolute atomic E-state index is 12.7. The fourth-order valence-corrected chi connectivity index (χ4v) is 5.29. The third kappa shape index (κ3) is 9.31. The van der Waals surface area contributed by atoms with Gasteiger partial charge in [0.15, 0.2) is 6.10 Å². The van der Waals surface area contributed by atoms with Crippen LogP contribution in [0.25, 0.3) is 0 Å². The van der Waals surface area contributed by atoms with E-state index >= 15 is 0 Å². The number of hydrogen-bond donors (Lipinski definition) is 0. The number of carbonyl (C=O) groups is 3. The molecule has 2 aliphatic rings. The first kappa shape index (κ1) is 33.1. The highest BCUT2D eigenvalue weighted by atomic mass is 16.6. The van der Waals surface area contributed by atoms with Crippen molar-refractivity contribution < 1.29 is 38.1 Å². The van der Waals surface area contributed by atoms with Gasteiger partial charge in [-0.1, -0.05) is 32.8 Å². The molecule has 0 aliphatic heterocycles. The molecule has 42 heavy (non-hydrogen) atoms. The average molecular weight is 583 g/mol. The Balaban J connectivity index is 1.32. The molecule has 1 aromatic carbocycles. The Bertz CT molecular complexity index is 1120. The summed E-state index contributed by atoms with van der Waals surface area (Å²) in [4.78, 5) is 36.7. The fourth-order valence-electron chi connectivity index (χ4n) is 5.29. The van der Waals surface area contributed by atoms with Gasteiger partial charge in [-0.15, -0.1) is 0 Å². The van der Waals surface area contributed by atoms with E-state index in [4.69, 9.17) is 18.9 Å². The van der Waals surface area contributed by atoms with Crippen LogP contribution in [0.2, 0.25) is 0 Å². The smallest absolute Gasteiger partial charge is 0.338 e. The van der Waals surface area contributed by atoms with Gasteiger partial charge in [-0.2, -0.15) is 0 Å². The quantitative estimate of drug-likeness (QED) is 0.0884. The number of carbonyl (C=O) groups excluding carboxylic acids is 3. The van der Waals surface area contributed by atoms with Crippen molar-refractivity contribution in [3.63, 3.8) is 0 Å². The van der Waals surface area contributed by atoms with Gasteiger partial charge in [0, 0.05) is 13.2 Å². The van der Waals surface area contributed by atoms with Crippen molar-refractivity contribution in [2.45, 2.75) is 83.8 Å². The zero-order valence-corrected chi connectivity index (χ0v) is 25.5. The van der Waals surface area contributed by atoms with E-state index in [0.717, 1.165) is 63.4 Å². The molecule has 0 saturated heterocycles. The topological polar surface area (TPSA) is 97.4 Å². The van der Waals surface area contributed by atoms with Crippen LogP contribution in [0, 0.1) is 11.3 Å². The minimum absolute atomic E-state index is 0.00921. The molecule has 0 amide bonds. The highest BCUT2D eigenvalue weighted by Crippen LogP contribution is 2.51. The summed E-state index contributed by atoms with van der Waals surface area (Å²) in [5.74, 6) is 0.201. The molecule has 0 heterocycles. The molecule has 4 atom stereocenters. The Morgan fingerprint density at radius 2 is 1.71 bits per heavy atom. The van der Waals surface area contributed by atoms with E-state index < -0.39 is 24.1 Å². The first-order valence-corrected chi connectivity index (χ1v) is 15.1. The molecule has 0 spiro atoms. The van der Waals surface area contributed by atoms with E-state index in [-0.39, 0.29) is 11.4 Å². The summed E-state index contributed by atoms with van der Waals surface area (Å²) in [6, 6.07) is 6.87. The van der Waals surface area contributed by atoms with Gasteiger partial charge in [-0.05, 0) is 98.9 Å². The normalized spacial score (nSPS) is 23.1. The number of hydrogen-bond acceptors (Lipinski definition) is 8. The van der Waals surface area contributed by atoms with E-state index in [1.807, 2.05) is 0 Å². The molecular formula is C34H46O8. The van der Waals surface area contributed by atoms with Gasteiger partial charge in [-0.3, -0.25) is 4.79 Å². The van der Waals surface area contributed by atoms with Crippen LogP contribution >= 0.6 is 0 Å². The summed E-state index contributed by atoms with van der Waals surface area (Å²) in [6.45, 7) is 5.40. The largest absolute Gasteiger partial charge is 0.494 e. The number of esters is 3. The monoisotopic (exact) mass is 582 g/mol. The van der Waals surface area contributed by atoms with Gasteiger partial charge in [0.25, 0.3) is 0 Å². The molecule has 3 rings (SSSR count). The summed E-state index contributed by atoms with van der Waals surface area (Å²) in [7, 11) is 2.84. The Morgan fingerprint density at radius 1 is 0.976 bits per heavy atom. The number of allylic oxidation sites excluding steroid dienone is 3. The predicted octanol–water partition coefficient (Wildman–Crippen LogP) is 6.54. The molecule has 4 unspecified atom stereocenters. The number of rotatable bonds is 17. The molecule has 2 aliphatic carbocycles. The van der Waals surface area contributed by atoms with Gasteiger partial charge < -0.3 is 23.7 Å². The van der Waals surface area contributed by atoms with Gasteiger partial charge in [-0.25, -0.2) is 9.59 Å². The second kappa shape index (κ2) is 16.9. The molecule has 1 saturated carbocycles. The van der Waals surface area contributed by atoms with Gasteiger partial charge in [0.05, 0.1) is 31.3 Å². The van der Waals surface area contributed by atoms with E-state index in [1.54, 1.807) is 48.6 Å². The van der Waals surface area contributed by atoms with E-state index in [0.29, 0.717) is 30.4 Å². The molecule has 0 radical (unpaired) electrons. The number of methoxy groups -OCH3 is 2. The zero-order chi connectivity index (χ0) is 30.4. The maximum Gasteiger partial charge on any atom is 0.338 e. The summed E-state index contributed by atoms with van der Waals surface area (Å²) in [5.41, 5.74) is 0.926. The SMILES string of the molecule is CCCCC1(C(=O)OCCCCCCOc2ccc(C(=O)OC3C=CC(/C=C/C(=O)OC)=CC3OC)cc2)CCC1C. The van der Waals surface area contributed by atoms with E-state index in [1.165, 1.54) is 20.3 Å². The molecule has 0 aromatic heterocycles. The van der Waals surface area contributed by atoms with Crippen molar-refractivity contribution in [3.05, 3.63) is 65.8 Å². The lowest BCUT2D eigenvalue weighted by atomic mass is 9.58. The molecule has 1 aromatic rings. The van der Waals surface area contributed by atoms with E-state index in [9.17, 15) is 14.4 Å². The third-order valence-corrected chi connectivity index (χ3v) is 8.27. The highest BCUT2D eigenvalue weighted by molar-refractivity contribution is 5.89. The summed E-state index contributed by atoms with van der Waals surface area (Å²) in [6.07, 6.45) is 16.1. The van der Waals surface area contributed by atoms with Gasteiger partial charge in [0.2, 0.25) is 0 Å². The molecule has 8 heteroatoms. The summed E-state index contributed by atoms with van der Waals surface area (Å²) >= 11 is 0. The minimum atomic E-state index is -0.596. The van der Waals surface area contributed by atoms with Gasteiger partial charge in [0.1, 0.15) is 11.9 Å². The Hall–Kier alpha value is -3.39. The second-order valence-corrected chi connectivity index (χ2v) is 11.1. The van der Waals surface area contributed by atoms with Crippen LogP contribution in [0.15, 0.2) is 60.2 Å². The average Bonchev–Trinajstić information content (AvgIpc) is 3.01. The van der Waals surface area contributed by atoms with Crippen LogP contribution in [0.1, 0.15) is 82.0 Å². The van der Waals surface area contributed by atoms with Crippen molar-refractivity contribution in [1.82, 2.24) is 0 Å². The van der Waals surface area contributed by atoms with Crippen molar-refractivity contribution in [2.75, 3.05) is 27.4 Å². The lowest BCUT2D eigenvalue weighted by molar-refractivity contribution is -0.168. The minimum Gasteiger partial charge on any atom is -0.494 e. The highest BCUT2D eigenvalue weighted by Gasteiger charge is 2.50. The summed E-state index contributed by atoms with van der Waals surface area (Å²) < 4.78 is 27.2. The number of ether oxygens (including phenoxy) is 5. The van der Waals surface area contributed by atoms with E-state index in [2.05, 4.69) is 18.6 Å². The van der Waals surface area contributed by atoms with Crippen LogP contribution in [-0.4, -0.2) is 57.5 Å². The number of unbranched alkanes of at least 4 members (excludes halogenated alkanes) is 4. The Labute approximate surface area is 250 Å². The second-order valence-electron chi connectivity index (χ2n) is 11.1. The zero-order valence-electron chi connectivity index (χ0n) is 25.5. The van der Waals surface area contributed by atoms with Crippen LogP contribution in [0.5, 0.6) is 5.75 Å². The molecule has 230 valence electrons. The standard InChI is InChI=1S/C34H46O8/c1-5-6-20-34(21-19-25(34)2)33(37)41-23-10-8-7-9-22-40-28-15-13-27(14-16-28)32(36)42-29-17-11-26(24-30(29)38-3)12-18-31(35)39-4/h11-18,24-25,29-30H,5-10,19-23H2,1-4H3/b18-12+. The van der Waals surface area contributed by atoms with Crippen LogP contribution in [0.3, 0.4) is 0 Å². The predicted molar refractivity (Wildman–Crippen MR) is 160 cm³/mol. The Morgan fingerprint density at radius 3 is 2.33 bits per heavy atom. The third-order valence-electron chi connectivity index (χ3n) is 8.27. The van der Waals surface area contributed by atoms with Gasteiger partial charge >= 0.3 is 17.9 Å². The molecular weight excluding hydrogens is 536 g/mol. The number of benzene rings is 1. The Kier molecular flexibility index (Phi) is 13.3. The lowest BCUT2D eigenvalue weighted by Gasteiger charge is -2.45. The van der Waals surface area contributed by atoms with Crippen LogP contribution in [0.4, 0.5) is 0 Å².